The number of ether oxygens (including phenoxy) is 1. The Labute approximate surface area is 149 Å². The first-order chi connectivity index (χ1) is 12.0. The minimum Gasteiger partial charge on any atom is -0.461 e. The summed E-state index contributed by atoms with van der Waals surface area (Å²) in [4.78, 5) is 35.9. The van der Waals surface area contributed by atoms with Gasteiger partial charge >= 0.3 is 5.97 Å². The lowest BCUT2D eigenvalue weighted by atomic mass is 10.2. The molecule has 2 aromatic heterocycles. The Balaban J connectivity index is 1.87. The molecule has 0 aliphatic carbocycles. The van der Waals surface area contributed by atoms with Gasteiger partial charge in [0.1, 0.15) is 0 Å². The average molecular weight is 380 g/mol. The van der Waals surface area contributed by atoms with Crippen molar-refractivity contribution in [3.05, 3.63) is 50.3 Å². The molecule has 0 saturated heterocycles. The highest BCUT2D eigenvalue weighted by atomic mass is 35.5. The number of hydrogen-bond acceptors (Lipinski definition) is 8. The summed E-state index contributed by atoms with van der Waals surface area (Å²) in [5, 5.41) is 10.3. The van der Waals surface area contributed by atoms with Gasteiger partial charge in [-0.05, 0) is 19.1 Å². The maximum Gasteiger partial charge on any atom is 0.369 e. The summed E-state index contributed by atoms with van der Waals surface area (Å²) in [7, 11) is 0. The third-order valence-electron chi connectivity index (χ3n) is 3.03. The molecule has 3 rings (SSSR count). The second kappa shape index (κ2) is 6.99. The van der Waals surface area contributed by atoms with E-state index in [1.807, 2.05) is 0 Å². The highest BCUT2D eigenvalue weighted by Crippen LogP contribution is 2.23. The van der Waals surface area contributed by atoms with Crippen molar-refractivity contribution in [2.24, 2.45) is 0 Å². The molecule has 3 aromatic rings. The number of fused-ring (bicyclic) bond motifs is 1. The Morgan fingerprint density at radius 3 is 2.92 bits per heavy atom. The lowest BCUT2D eigenvalue weighted by Crippen LogP contribution is -2.14. The second-order valence-electron chi connectivity index (χ2n) is 4.68. The standard InChI is InChI=1S/C15H10ClN3O5S/c1-2-23-14(22)13-18-19-15(25-13)17-12(21)10-6-9(20)7-4-3-5-8(16)11(7)24-10/h3-6H,2H2,1H3,(H,17,19,21). The van der Waals surface area contributed by atoms with Gasteiger partial charge in [0.15, 0.2) is 16.8 Å². The first-order valence-corrected chi connectivity index (χ1v) is 8.23. The van der Waals surface area contributed by atoms with Crippen molar-refractivity contribution >= 4 is 50.9 Å². The molecule has 0 aliphatic heterocycles. The molecule has 128 valence electrons. The lowest BCUT2D eigenvalue weighted by Gasteiger charge is -2.03. The van der Waals surface area contributed by atoms with Crippen molar-refractivity contribution in [3.63, 3.8) is 0 Å². The quantitative estimate of drug-likeness (QED) is 0.693. The van der Waals surface area contributed by atoms with Crippen LogP contribution in [0, 0.1) is 0 Å². The van der Waals surface area contributed by atoms with Crippen LogP contribution >= 0.6 is 22.9 Å². The number of nitrogens with zero attached hydrogens (tertiary/aromatic N) is 2. The van der Waals surface area contributed by atoms with Crippen molar-refractivity contribution in [2.45, 2.75) is 6.92 Å². The number of esters is 1. The zero-order valence-electron chi connectivity index (χ0n) is 12.7. The van der Waals surface area contributed by atoms with Crippen LogP contribution in [0.5, 0.6) is 0 Å². The van der Waals surface area contributed by atoms with Crippen LogP contribution < -0.4 is 10.7 Å². The van der Waals surface area contributed by atoms with Gasteiger partial charge in [0.2, 0.25) is 10.1 Å². The van der Waals surface area contributed by atoms with E-state index in [9.17, 15) is 14.4 Å². The van der Waals surface area contributed by atoms with Crippen LogP contribution in [-0.2, 0) is 4.74 Å². The van der Waals surface area contributed by atoms with Crippen molar-refractivity contribution in [2.75, 3.05) is 11.9 Å². The first-order valence-electron chi connectivity index (χ1n) is 7.04. The number of hydrogen-bond donors (Lipinski definition) is 1. The van der Waals surface area contributed by atoms with E-state index < -0.39 is 17.3 Å². The number of para-hydroxylation sites is 1. The predicted molar refractivity (Wildman–Crippen MR) is 91.3 cm³/mol. The number of aromatic nitrogens is 2. The number of benzene rings is 1. The van der Waals surface area contributed by atoms with Gasteiger partial charge < -0.3 is 9.15 Å². The summed E-state index contributed by atoms with van der Waals surface area (Å²) in [6, 6.07) is 5.76. The predicted octanol–water partition coefficient (Wildman–Crippen LogP) is 2.73. The molecule has 0 bridgehead atoms. The number of carbonyl (C=O) groups is 2. The van der Waals surface area contributed by atoms with Gasteiger partial charge in [-0.1, -0.05) is 29.0 Å². The van der Waals surface area contributed by atoms with Crippen LogP contribution in [-0.4, -0.2) is 28.7 Å². The molecule has 1 N–H and O–H groups in total. The molecule has 0 saturated carbocycles. The molecule has 0 unspecified atom stereocenters. The maximum atomic E-state index is 12.3. The molecule has 2 heterocycles. The summed E-state index contributed by atoms with van der Waals surface area (Å²) in [6.07, 6.45) is 0. The van der Waals surface area contributed by atoms with Crippen molar-refractivity contribution < 1.29 is 18.7 Å². The molecule has 0 fully saturated rings. The van der Waals surface area contributed by atoms with Crippen molar-refractivity contribution in [1.29, 1.82) is 0 Å². The molecule has 8 nitrogen and oxygen atoms in total. The fourth-order valence-corrected chi connectivity index (χ4v) is 2.81. The normalized spacial score (nSPS) is 10.6. The third kappa shape index (κ3) is 3.52. The third-order valence-corrected chi connectivity index (χ3v) is 4.14. The Hall–Kier alpha value is -2.78. The van der Waals surface area contributed by atoms with E-state index in [0.29, 0.717) is 0 Å². The van der Waals surface area contributed by atoms with Gasteiger partial charge in [-0.3, -0.25) is 14.9 Å². The Bertz CT molecular complexity index is 1030. The molecule has 1 aromatic carbocycles. The second-order valence-corrected chi connectivity index (χ2v) is 6.06. The van der Waals surface area contributed by atoms with Crippen LogP contribution in [0.15, 0.2) is 33.5 Å². The summed E-state index contributed by atoms with van der Waals surface area (Å²) >= 11 is 6.84. The summed E-state index contributed by atoms with van der Waals surface area (Å²) in [5.41, 5.74) is -0.287. The van der Waals surface area contributed by atoms with E-state index >= 15 is 0 Å². The van der Waals surface area contributed by atoms with E-state index in [2.05, 4.69) is 15.5 Å². The monoisotopic (exact) mass is 379 g/mol. The molecule has 0 aliphatic rings. The van der Waals surface area contributed by atoms with Crippen LogP contribution in [0.4, 0.5) is 5.13 Å². The number of halogens is 1. The van der Waals surface area contributed by atoms with Crippen LogP contribution in [0.25, 0.3) is 11.0 Å². The zero-order chi connectivity index (χ0) is 18.0. The largest absolute Gasteiger partial charge is 0.461 e. The number of amides is 1. The molecular weight excluding hydrogens is 370 g/mol. The van der Waals surface area contributed by atoms with Crippen LogP contribution in [0.3, 0.4) is 0 Å². The zero-order valence-corrected chi connectivity index (χ0v) is 14.3. The molecule has 1 amide bonds. The maximum absolute atomic E-state index is 12.3. The molecule has 0 atom stereocenters. The SMILES string of the molecule is CCOC(=O)c1nnc(NC(=O)c2cc(=O)c3cccc(Cl)c3o2)s1. The van der Waals surface area contributed by atoms with Crippen LogP contribution in [0.1, 0.15) is 27.3 Å². The van der Waals surface area contributed by atoms with E-state index in [1.54, 1.807) is 25.1 Å². The molecule has 25 heavy (non-hydrogen) atoms. The smallest absolute Gasteiger partial charge is 0.369 e. The Morgan fingerprint density at radius 2 is 2.16 bits per heavy atom. The summed E-state index contributed by atoms with van der Waals surface area (Å²) < 4.78 is 10.2. The van der Waals surface area contributed by atoms with Gasteiger partial charge in [0, 0.05) is 6.07 Å². The van der Waals surface area contributed by atoms with E-state index in [4.69, 9.17) is 20.8 Å². The first kappa shape index (κ1) is 17.1. The van der Waals surface area contributed by atoms with E-state index in [1.165, 1.54) is 0 Å². The highest BCUT2D eigenvalue weighted by molar-refractivity contribution is 7.17. The minimum atomic E-state index is -0.717. The number of carbonyl (C=O) groups excluding carboxylic acids is 2. The fourth-order valence-electron chi connectivity index (χ4n) is 1.96. The molecule has 10 heteroatoms. The van der Waals surface area contributed by atoms with E-state index in [-0.39, 0.29) is 38.5 Å². The van der Waals surface area contributed by atoms with Crippen molar-refractivity contribution in [3.8, 4) is 0 Å². The van der Waals surface area contributed by atoms with Gasteiger partial charge in [-0.25, -0.2) is 4.79 Å². The Kier molecular flexibility index (Phi) is 4.77. The number of nitrogens with one attached hydrogen (secondary N) is 1. The lowest BCUT2D eigenvalue weighted by molar-refractivity contribution is 0.0525. The fraction of sp³-hybridized carbons (Fsp3) is 0.133. The highest BCUT2D eigenvalue weighted by Gasteiger charge is 2.18. The van der Waals surface area contributed by atoms with Crippen LogP contribution in [0.2, 0.25) is 5.02 Å². The summed E-state index contributed by atoms with van der Waals surface area (Å²) in [5.74, 6) is -1.59. The van der Waals surface area contributed by atoms with Gasteiger partial charge in [-0.2, -0.15) is 0 Å². The topological polar surface area (TPSA) is 111 Å². The molecule has 0 spiro atoms. The molecule has 0 radical (unpaired) electrons. The molecular formula is C15H10ClN3O5S. The Morgan fingerprint density at radius 1 is 1.36 bits per heavy atom. The minimum absolute atomic E-state index is 0.000147. The summed E-state index contributed by atoms with van der Waals surface area (Å²) in [6.45, 7) is 1.86. The van der Waals surface area contributed by atoms with Gasteiger partial charge in [-0.15, -0.1) is 10.2 Å². The number of rotatable bonds is 4. The number of anilines is 1. The van der Waals surface area contributed by atoms with Gasteiger partial charge in [0.25, 0.3) is 5.91 Å². The van der Waals surface area contributed by atoms with Crippen molar-refractivity contribution in [1.82, 2.24) is 10.2 Å². The average Bonchev–Trinajstić information content (AvgIpc) is 3.04. The van der Waals surface area contributed by atoms with Gasteiger partial charge in [0.05, 0.1) is 17.0 Å². The van der Waals surface area contributed by atoms with E-state index in [0.717, 1.165) is 17.4 Å².